The molecule has 0 amide bonds. The monoisotopic (exact) mass is 574 g/mol. The minimum Gasteiger partial charge on any atom is -0.426 e. The van der Waals surface area contributed by atoms with E-state index in [4.69, 9.17) is 0 Å². The van der Waals surface area contributed by atoms with Crippen molar-refractivity contribution in [3.05, 3.63) is 112 Å². The summed E-state index contributed by atoms with van der Waals surface area (Å²) in [5.41, 5.74) is -2.36. The van der Waals surface area contributed by atoms with Gasteiger partial charge in [0.05, 0.1) is 10.9 Å². The lowest BCUT2D eigenvalue weighted by atomic mass is 9.98. The molecule has 0 aliphatic rings. The van der Waals surface area contributed by atoms with Gasteiger partial charge in [0.25, 0.3) is 0 Å². The molecule has 4 aromatic carbocycles. The van der Waals surface area contributed by atoms with E-state index in [1.165, 1.54) is 12.1 Å². The summed E-state index contributed by atoms with van der Waals surface area (Å²) in [7, 11) is 0. The SMILES string of the molecule is CCCc1ccc(C(F)(F)Oc2cc3ccc(CCc4cc(F)c(C(F)(F)F)c(F)c4)c(F)c3c(F)c2F)cc1. The number of hydrogen-bond acceptors (Lipinski definition) is 1. The topological polar surface area (TPSA) is 9.23 Å². The number of rotatable bonds is 8. The van der Waals surface area contributed by atoms with Crippen molar-refractivity contribution in [1.82, 2.24) is 0 Å². The summed E-state index contributed by atoms with van der Waals surface area (Å²) >= 11 is 0. The minimum atomic E-state index is -5.26. The predicted octanol–water partition coefficient (Wildman–Crippen LogP) is 9.42. The molecule has 0 heterocycles. The first-order valence-corrected chi connectivity index (χ1v) is 12.0. The first-order chi connectivity index (χ1) is 18.7. The van der Waals surface area contributed by atoms with Crippen LogP contribution in [-0.4, -0.2) is 0 Å². The number of fused-ring (bicyclic) bond motifs is 1. The van der Waals surface area contributed by atoms with Crippen molar-refractivity contribution in [3.8, 4) is 5.75 Å². The quantitative estimate of drug-likeness (QED) is 0.191. The third-order valence-corrected chi connectivity index (χ3v) is 6.30. The van der Waals surface area contributed by atoms with Gasteiger partial charge in [0.2, 0.25) is 5.82 Å². The molecule has 40 heavy (non-hydrogen) atoms. The summed E-state index contributed by atoms with van der Waals surface area (Å²) in [6.45, 7) is 1.91. The number of ether oxygens (including phenoxy) is 1. The molecular formula is C29H20F10O. The van der Waals surface area contributed by atoms with Crippen LogP contribution in [0.15, 0.2) is 54.6 Å². The Morgan fingerprint density at radius 2 is 1.27 bits per heavy atom. The number of halogens is 10. The van der Waals surface area contributed by atoms with E-state index in [9.17, 15) is 39.5 Å². The van der Waals surface area contributed by atoms with Crippen LogP contribution in [0.2, 0.25) is 0 Å². The number of benzene rings is 4. The molecule has 4 aromatic rings. The Morgan fingerprint density at radius 3 is 1.85 bits per heavy atom. The van der Waals surface area contributed by atoms with Crippen molar-refractivity contribution in [2.75, 3.05) is 0 Å². The van der Waals surface area contributed by atoms with Crippen LogP contribution in [0.3, 0.4) is 0 Å². The lowest BCUT2D eigenvalue weighted by Gasteiger charge is -2.20. The van der Waals surface area contributed by atoms with Gasteiger partial charge in [-0.3, -0.25) is 0 Å². The maximum absolute atomic E-state index is 15.1. The van der Waals surface area contributed by atoms with E-state index in [0.29, 0.717) is 24.6 Å². The van der Waals surface area contributed by atoms with Crippen LogP contribution in [-0.2, 0) is 31.5 Å². The Labute approximate surface area is 222 Å². The molecular weight excluding hydrogens is 554 g/mol. The molecule has 0 atom stereocenters. The molecule has 0 N–H and O–H groups in total. The molecule has 0 aliphatic heterocycles. The highest BCUT2D eigenvalue weighted by molar-refractivity contribution is 5.86. The molecule has 11 heteroatoms. The van der Waals surface area contributed by atoms with Crippen LogP contribution < -0.4 is 4.74 Å². The third-order valence-electron chi connectivity index (χ3n) is 6.30. The molecule has 0 bridgehead atoms. The maximum atomic E-state index is 15.1. The molecule has 0 aliphatic carbocycles. The Hall–Kier alpha value is -3.76. The second-order valence-corrected chi connectivity index (χ2v) is 9.14. The first-order valence-electron chi connectivity index (χ1n) is 12.0. The molecule has 0 aromatic heterocycles. The molecule has 0 spiro atoms. The smallest absolute Gasteiger partial charge is 0.426 e. The predicted molar refractivity (Wildman–Crippen MR) is 128 cm³/mol. The van der Waals surface area contributed by atoms with Crippen molar-refractivity contribution in [2.45, 2.75) is 44.9 Å². The lowest BCUT2D eigenvalue weighted by molar-refractivity contribution is -0.187. The highest BCUT2D eigenvalue weighted by Gasteiger charge is 2.38. The third kappa shape index (κ3) is 5.88. The van der Waals surface area contributed by atoms with Crippen LogP contribution in [0.5, 0.6) is 5.75 Å². The van der Waals surface area contributed by atoms with E-state index in [0.717, 1.165) is 36.2 Å². The van der Waals surface area contributed by atoms with E-state index in [1.807, 2.05) is 6.92 Å². The van der Waals surface area contributed by atoms with Crippen molar-refractivity contribution in [1.29, 1.82) is 0 Å². The van der Waals surface area contributed by atoms with Crippen molar-refractivity contribution in [3.63, 3.8) is 0 Å². The molecule has 4 rings (SSSR count). The molecule has 0 saturated heterocycles. The molecule has 0 radical (unpaired) electrons. The van der Waals surface area contributed by atoms with Crippen molar-refractivity contribution >= 4 is 10.8 Å². The van der Waals surface area contributed by atoms with Crippen LogP contribution in [0.4, 0.5) is 43.9 Å². The number of aryl methyl sites for hydroxylation is 3. The number of alkyl halides is 5. The fourth-order valence-corrected chi connectivity index (χ4v) is 4.34. The Kier molecular flexibility index (Phi) is 8.05. The van der Waals surface area contributed by atoms with Crippen LogP contribution >= 0.6 is 0 Å². The minimum absolute atomic E-state index is 0.233. The summed E-state index contributed by atoms with van der Waals surface area (Å²) < 4.78 is 145. The van der Waals surface area contributed by atoms with Gasteiger partial charge in [-0.05, 0) is 71.7 Å². The Balaban J connectivity index is 1.60. The van der Waals surface area contributed by atoms with E-state index in [1.54, 1.807) is 0 Å². The van der Waals surface area contributed by atoms with E-state index < -0.39 is 63.6 Å². The standard InChI is InChI=1S/C29H20F10O/c1-2-3-15-5-10-19(11-6-15)29(38,39)40-22-14-18-9-8-17(25(32)23(18)27(34)26(22)33)7-4-16-12-20(30)24(21(31)13-16)28(35,36)37/h5-6,8-14H,2-4,7H2,1H3. The van der Waals surface area contributed by atoms with E-state index in [-0.39, 0.29) is 29.4 Å². The van der Waals surface area contributed by atoms with Crippen molar-refractivity contribution in [2.24, 2.45) is 0 Å². The second kappa shape index (κ2) is 11.0. The molecule has 212 valence electrons. The Morgan fingerprint density at radius 1 is 0.650 bits per heavy atom. The van der Waals surface area contributed by atoms with E-state index in [2.05, 4.69) is 4.74 Å². The fourth-order valence-electron chi connectivity index (χ4n) is 4.34. The van der Waals surface area contributed by atoms with Gasteiger partial charge >= 0.3 is 12.3 Å². The first kappa shape index (κ1) is 29.2. The van der Waals surface area contributed by atoms with Gasteiger partial charge in [0.15, 0.2) is 11.6 Å². The van der Waals surface area contributed by atoms with Gasteiger partial charge in [-0.2, -0.15) is 26.3 Å². The highest BCUT2D eigenvalue weighted by Crippen LogP contribution is 2.38. The largest absolute Gasteiger partial charge is 0.426 e. The van der Waals surface area contributed by atoms with Gasteiger partial charge in [-0.25, -0.2) is 17.6 Å². The zero-order valence-electron chi connectivity index (χ0n) is 20.7. The summed E-state index contributed by atoms with van der Waals surface area (Å²) in [4.78, 5) is 0. The normalized spacial score (nSPS) is 12.3. The zero-order chi connectivity index (χ0) is 29.4. The van der Waals surface area contributed by atoms with Crippen LogP contribution in [0.25, 0.3) is 10.8 Å². The van der Waals surface area contributed by atoms with Crippen LogP contribution in [0.1, 0.15) is 41.2 Å². The molecule has 0 saturated carbocycles. The average Bonchev–Trinajstić information content (AvgIpc) is 2.85. The Bertz CT molecular complexity index is 1520. The van der Waals surface area contributed by atoms with Crippen molar-refractivity contribution < 1.29 is 48.6 Å². The summed E-state index contributed by atoms with van der Waals surface area (Å²) in [5.74, 6) is -9.79. The molecule has 0 unspecified atom stereocenters. The van der Waals surface area contributed by atoms with Gasteiger partial charge in [0.1, 0.15) is 23.0 Å². The fraction of sp³-hybridized carbons (Fsp3) is 0.241. The summed E-state index contributed by atoms with van der Waals surface area (Å²) in [6, 6.07) is 8.94. The van der Waals surface area contributed by atoms with Crippen LogP contribution in [0, 0.1) is 29.1 Å². The number of hydrogen-bond donors (Lipinski definition) is 0. The van der Waals surface area contributed by atoms with Gasteiger partial charge < -0.3 is 4.74 Å². The van der Waals surface area contributed by atoms with E-state index >= 15 is 4.39 Å². The maximum Gasteiger partial charge on any atom is 0.426 e. The average molecular weight is 574 g/mol. The summed E-state index contributed by atoms with van der Waals surface area (Å²) in [5, 5.41) is -1.18. The highest BCUT2D eigenvalue weighted by atomic mass is 19.4. The zero-order valence-corrected chi connectivity index (χ0v) is 20.7. The molecule has 0 fully saturated rings. The second-order valence-electron chi connectivity index (χ2n) is 9.14. The van der Waals surface area contributed by atoms with Gasteiger partial charge in [-0.1, -0.05) is 37.6 Å². The summed E-state index contributed by atoms with van der Waals surface area (Å²) in [6.07, 6.45) is -8.55. The van der Waals surface area contributed by atoms with Gasteiger partial charge in [-0.15, -0.1) is 0 Å². The van der Waals surface area contributed by atoms with Gasteiger partial charge in [0, 0.05) is 0 Å². The lowest BCUT2D eigenvalue weighted by Crippen LogP contribution is -2.22. The molecule has 1 nitrogen and oxygen atoms in total.